The van der Waals surface area contributed by atoms with E-state index in [1.807, 2.05) is 0 Å². The largest absolute Gasteiger partial charge is 0.380 e. The van der Waals surface area contributed by atoms with Crippen LogP contribution in [0.4, 0.5) is 0 Å². The van der Waals surface area contributed by atoms with Crippen LogP contribution >= 0.6 is 11.6 Å². The fraction of sp³-hybridized carbons (Fsp3) is 1.00. The molecule has 1 N–H and O–H groups in total. The van der Waals surface area contributed by atoms with Crippen molar-refractivity contribution in [1.82, 2.24) is 9.03 Å². The second-order valence-electron chi connectivity index (χ2n) is 4.64. The summed E-state index contributed by atoms with van der Waals surface area (Å²) in [4.78, 5) is 0. The van der Waals surface area contributed by atoms with Crippen molar-refractivity contribution in [2.24, 2.45) is 5.92 Å². The molecule has 18 heavy (non-hydrogen) atoms. The Labute approximate surface area is 115 Å². The molecule has 1 rings (SSSR count). The molecule has 7 heteroatoms. The first-order valence-corrected chi connectivity index (χ1v) is 8.42. The minimum absolute atomic E-state index is 0.413. The van der Waals surface area contributed by atoms with Crippen molar-refractivity contribution < 1.29 is 13.2 Å². The molecule has 1 heterocycles. The Morgan fingerprint density at radius 1 is 1.33 bits per heavy atom. The van der Waals surface area contributed by atoms with Gasteiger partial charge in [0.25, 0.3) is 10.2 Å². The van der Waals surface area contributed by atoms with Gasteiger partial charge in [-0.1, -0.05) is 6.92 Å². The average Bonchev–Trinajstić information content (AvgIpc) is 2.34. The van der Waals surface area contributed by atoms with Gasteiger partial charge in [0.1, 0.15) is 0 Å². The molecule has 0 aliphatic carbocycles. The molecule has 0 bridgehead atoms. The van der Waals surface area contributed by atoms with Crippen LogP contribution in [0.1, 0.15) is 26.2 Å². The van der Waals surface area contributed by atoms with Gasteiger partial charge in [0.2, 0.25) is 0 Å². The topological polar surface area (TPSA) is 58.6 Å². The molecule has 108 valence electrons. The highest BCUT2D eigenvalue weighted by Gasteiger charge is 2.25. The molecule has 0 aromatic rings. The van der Waals surface area contributed by atoms with Gasteiger partial charge in [-0.05, 0) is 25.2 Å². The number of hydrogen-bond acceptors (Lipinski definition) is 3. The standard InChI is InChI=1S/C11H23ClN2O3S/c1-11-3-7-14(8-4-11)18(15,16)13-6-2-9-17-10-5-12/h11,13H,2-10H2,1H3. The van der Waals surface area contributed by atoms with Crippen molar-refractivity contribution in [3.8, 4) is 0 Å². The third-order valence-electron chi connectivity index (χ3n) is 3.05. The van der Waals surface area contributed by atoms with Crippen molar-refractivity contribution in [2.45, 2.75) is 26.2 Å². The molecule has 0 aromatic heterocycles. The van der Waals surface area contributed by atoms with Crippen LogP contribution in [0.3, 0.4) is 0 Å². The normalized spacial score (nSPS) is 19.2. The second-order valence-corrected chi connectivity index (χ2v) is 6.77. The molecule has 1 fully saturated rings. The van der Waals surface area contributed by atoms with Gasteiger partial charge < -0.3 is 4.74 Å². The van der Waals surface area contributed by atoms with Crippen LogP contribution in [0.25, 0.3) is 0 Å². The van der Waals surface area contributed by atoms with E-state index in [0.29, 0.717) is 51.1 Å². The highest BCUT2D eigenvalue weighted by Crippen LogP contribution is 2.17. The molecule has 0 amide bonds. The lowest BCUT2D eigenvalue weighted by Gasteiger charge is -2.29. The molecule has 1 aliphatic rings. The van der Waals surface area contributed by atoms with Gasteiger partial charge in [0.15, 0.2) is 0 Å². The SMILES string of the molecule is CC1CCN(S(=O)(=O)NCCCOCCCl)CC1. The maximum absolute atomic E-state index is 11.9. The minimum atomic E-state index is -3.30. The first kappa shape index (κ1) is 16.2. The van der Waals surface area contributed by atoms with Crippen LogP contribution in [0.5, 0.6) is 0 Å². The monoisotopic (exact) mass is 298 g/mol. The fourth-order valence-corrected chi connectivity index (χ4v) is 3.23. The second kappa shape index (κ2) is 8.32. The van der Waals surface area contributed by atoms with Crippen LogP contribution < -0.4 is 4.72 Å². The molecule has 0 radical (unpaired) electrons. The Hall–Kier alpha value is 0.120. The number of nitrogens with one attached hydrogen (secondary N) is 1. The quantitative estimate of drug-likeness (QED) is 0.541. The summed E-state index contributed by atoms with van der Waals surface area (Å²) >= 11 is 5.46. The van der Waals surface area contributed by atoms with Gasteiger partial charge in [0.05, 0.1) is 6.61 Å². The van der Waals surface area contributed by atoms with Crippen LogP contribution in [-0.2, 0) is 14.9 Å². The van der Waals surface area contributed by atoms with Crippen LogP contribution in [0.2, 0.25) is 0 Å². The molecule has 0 unspecified atom stereocenters. The van der Waals surface area contributed by atoms with Gasteiger partial charge in [-0.25, -0.2) is 4.72 Å². The molecule has 0 atom stereocenters. The summed E-state index contributed by atoms with van der Waals surface area (Å²) in [6.07, 6.45) is 2.56. The Kier molecular flexibility index (Phi) is 7.48. The van der Waals surface area contributed by atoms with Crippen molar-refractivity contribution in [1.29, 1.82) is 0 Å². The van der Waals surface area contributed by atoms with Gasteiger partial charge in [-0.15, -0.1) is 11.6 Å². The molecule has 0 aromatic carbocycles. The summed E-state index contributed by atoms with van der Waals surface area (Å²) in [7, 11) is -3.30. The van der Waals surface area contributed by atoms with Crippen LogP contribution in [-0.4, -0.2) is 51.5 Å². The molecular formula is C11H23ClN2O3S. The summed E-state index contributed by atoms with van der Waals surface area (Å²) in [6.45, 7) is 4.87. The van der Waals surface area contributed by atoms with Crippen LogP contribution in [0, 0.1) is 5.92 Å². The molecule has 0 saturated carbocycles. The predicted octanol–water partition coefficient (Wildman–Crippen LogP) is 1.20. The van der Waals surface area contributed by atoms with E-state index < -0.39 is 10.2 Å². The molecule has 1 aliphatic heterocycles. The lowest BCUT2D eigenvalue weighted by Crippen LogP contribution is -2.45. The number of halogens is 1. The Balaban J connectivity index is 2.19. The van der Waals surface area contributed by atoms with Crippen molar-refractivity contribution >= 4 is 21.8 Å². The maximum atomic E-state index is 11.9. The summed E-state index contributed by atoms with van der Waals surface area (Å²) < 4.78 is 33.2. The molecule has 1 saturated heterocycles. The zero-order chi connectivity index (χ0) is 13.4. The minimum Gasteiger partial charge on any atom is -0.380 e. The van der Waals surface area contributed by atoms with Gasteiger partial charge in [-0.2, -0.15) is 12.7 Å². The molecule has 5 nitrogen and oxygen atoms in total. The van der Waals surface area contributed by atoms with Crippen molar-refractivity contribution in [3.63, 3.8) is 0 Å². The van der Waals surface area contributed by atoms with E-state index in [-0.39, 0.29) is 0 Å². The summed E-state index contributed by atoms with van der Waals surface area (Å²) in [5.41, 5.74) is 0. The fourth-order valence-electron chi connectivity index (χ4n) is 1.85. The third-order valence-corrected chi connectivity index (χ3v) is 4.82. The number of rotatable bonds is 8. The first-order chi connectivity index (χ1) is 8.56. The average molecular weight is 299 g/mol. The highest BCUT2D eigenvalue weighted by molar-refractivity contribution is 7.87. The number of nitrogens with zero attached hydrogens (tertiary/aromatic N) is 1. The maximum Gasteiger partial charge on any atom is 0.279 e. The number of alkyl halides is 1. The van der Waals surface area contributed by atoms with Crippen molar-refractivity contribution in [3.05, 3.63) is 0 Å². The van der Waals surface area contributed by atoms with Gasteiger partial charge in [0, 0.05) is 32.1 Å². The zero-order valence-corrected chi connectivity index (χ0v) is 12.5. The Morgan fingerprint density at radius 2 is 2.00 bits per heavy atom. The lowest BCUT2D eigenvalue weighted by molar-refractivity contribution is 0.147. The summed E-state index contributed by atoms with van der Waals surface area (Å²) in [5.74, 6) is 1.10. The predicted molar refractivity (Wildman–Crippen MR) is 73.0 cm³/mol. The van der Waals surface area contributed by atoms with Crippen LogP contribution in [0.15, 0.2) is 0 Å². The smallest absolute Gasteiger partial charge is 0.279 e. The van der Waals surface area contributed by atoms with E-state index >= 15 is 0 Å². The number of piperidine rings is 1. The lowest BCUT2D eigenvalue weighted by atomic mass is 10.0. The van der Waals surface area contributed by atoms with Gasteiger partial charge in [-0.3, -0.25) is 0 Å². The highest BCUT2D eigenvalue weighted by atomic mass is 35.5. The van der Waals surface area contributed by atoms with Gasteiger partial charge >= 0.3 is 0 Å². The number of ether oxygens (including phenoxy) is 1. The van der Waals surface area contributed by atoms with Crippen molar-refractivity contribution in [2.75, 3.05) is 38.7 Å². The molecular weight excluding hydrogens is 276 g/mol. The summed E-state index contributed by atoms with van der Waals surface area (Å²) in [5, 5.41) is 0. The van der Waals surface area contributed by atoms with E-state index in [1.165, 1.54) is 4.31 Å². The van der Waals surface area contributed by atoms with E-state index in [9.17, 15) is 8.42 Å². The van der Waals surface area contributed by atoms with E-state index in [2.05, 4.69) is 11.6 Å². The van der Waals surface area contributed by atoms with E-state index in [4.69, 9.17) is 16.3 Å². The Morgan fingerprint density at radius 3 is 2.61 bits per heavy atom. The van der Waals surface area contributed by atoms with E-state index in [1.54, 1.807) is 0 Å². The summed E-state index contributed by atoms with van der Waals surface area (Å²) in [6, 6.07) is 0. The van der Waals surface area contributed by atoms with E-state index in [0.717, 1.165) is 12.8 Å². The number of hydrogen-bond donors (Lipinski definition) is 1. The zero-order valence-electron chi connectivity index (χ0n) is 10.9. The first-order valence-electron chi connectivity index (χ1n) is 6.44. The Bertz CT molecular complexity index is 316. The molecule has 0 spiro atoms. The third kappa shape index (κ3) is 5.84.